The van der Waals surface area contributed by atoms with Crippen LogP contribution in [0.25, 0.3) is 11.1 Å². The van der Waals surface area contributed by atoms with Crippen molar-refractivity contribution in [1.82, 2.24) is 4.90 Å². The SMILES string of the molecule is COc1ccc(N2CCN(C(=O)CCN(Cc3ccc(F)cc3)c3cccc(-c4cccc(OC)c4)c3)CC2)cc1. The Kier molecular flexibility index (Phi) is 9.04. The molecule has 1 aliphatic rings. The molecular formula is C34H36FN3O3. The number of rotatable bonds is 10. The number of ether oxygens (including phenoxy) is 2. The van der Waals surface area contributed by atoms with Crippen molar-refractivity contribution in [2.75, 3.05) is 56.7 Å². The minimum atomic E-state index is -0.260. The number of piperazine rings is 1. The highest BCUT2D eigenvalue weighted by atomic mass is 19.1. The van der Waals surface area contributed by atoms with Crippen LogP contribution in [0.5, 0.6) is 11.5 Å². The first-order valence-electron chi connectivity index (χ1n) is 13.9. The van der Waals surface area contributed by atoms with Crippen LogP contribution < -0.4 is 19.3 Å². The fourth-order valence-corrected chi connectivity index (χ4v) is 5.19. The predicted octanol–water partition coefficient (Wildman–Crippen LogP) is 6.26. The number of amides is 1. The molecule has 0 aliphatic carbocycles. The lowest BCUT2D eigenvalue weighted by molar-refractivity contribution is -0.131. The molecule has 0 unspecified atom stereocenters. The van der Waals surface area contributed by atoms with E-state index in [1.165, 1.54) is 12.1 Å². The van der Waals surface area contributed by atoms with Gasteiger partial charge in [-0.05, 0) is 77.4 Å². The van der Waals surface area contributed by atoms with Crippen LogP contribution in [0.1, 0.15) is 12.0 Å². The third kappa shape index (κ3) is 7.17. The normalized spacial score (nSPS) is 13.1. The molecule has 41 heavy (non-hydrogen) atoms. The fraction of sp³-hybridized carbons (Fsp3) is 0.265. The van der Waals surface area contributed by atoms with E-state index >= 15 is 0 Å². The molecule has 0 radical (unpaired) electrons. The molecule has 4 aromatic rings. The molecule has 1 amide bonds. The zero-order chi connectivity index (χ0) is 28.6. The monoisotopic (exact) mass is 553 g/mol. The summed E-state index contributed by atoms with van der Waals surface area (Å²) < 4.78 is 24.3. The third-order valence-electron chi connectivity index (χ3n) is 7.57. The highest BCUT2D eigenvalue weighted by Gasteiger charge is 2.22. The first kappa shape index (κ1) is 28.0. The molecular weight excluding hydrogens is 517 g/mol. The molecule has 212 valence electrons. The Hall–Kier alpha value is -4.52. The summed E-state index contributed by atoms with van der Waals surface area (Å²) in [6.07, 6.45) is 0.396. The topological polar surface area (TPSA) is 45.2 Å². The lowest BCUT2D eigenvalue weighted by atomic mass is 10.0. The summed E-state index contributed by atoms with van der Waals surface area (Å²) in [6.45, 7) is 4.08. The van der Waals surface area contributed by atoms with Crippen LogP contribution >= 0.6 is 0 Å². The zero-order valence-corrected chi connectivity index (χ0v) is 23.6. The van der Waals surface area contributed by atoms with Gasteiger partial charge in [0.1, 0.15) is 17.3 Å². The van der Waals surface area contributed by atoms with E-state index in [1.54, 1.807) is 26.4 Å². The lowest BCUT2D eigenvalue weighted by Gasteiger charge is -2.36. The minimum absolute atomic E-state index is 0.146. The van der Waals surface area contributed by atoms with Crippen molar-refractivity contribution in [1.29, 1.82) is 0 Å². The summed E-state index contributed by atoms with van der Waals surface area (Å²) in [7, 11) is 3.33. The van der Waals surface area contributed by atoms with Gasteiger partial charge in [0.2, 0.25) is 5.91 Å². The second kappa shape index (κ2) is 13.2. The maximum atomic E-state index is 13.6. The first-order chi connectivity index (χ1) is 20.0. The van der Waals surface area contributed by atoms with Crippen LogP contribution in [0, 0.1) is 5.82 Å². The van der Waals surface area contributed by atoms with Gasteiger partial charge < -0.3 is 24.2 Å². The number of carbonyl (C=O) groups excluding carboxylic acids is 1. The summed E-state index contributed by atoms with van der Waals surface area (Å²) in [5.74, 6) is 1.52. The van der Waals surface area contributed by atoms with E-state index in [4.69, 9.17) is 9.47 Å². The Morgan fingerprint density at radius 3 is 2.12 bits per heavy atom. The Morgan fingerprint density at radius 2 is 1.44 bits per heavy atom. The maximum absolute atomic E-state index is 13.6. The number of halogens is 1. The molecule has 0 atom stereocenters. The second-order valence-corrected chi connectivity index (χ2v) is 10.1. The second-order valence-electron chi connectivity index (χ2n) is 10.1. The predicted molar refractivity (Wildman–Crippen MR) is 162 cm³/mol. The highest BCUT2D eigenvalue weighted by Crippen LogP contribution is 2.29. The van der Waals surface area contributed by atoms with E-state index in [0.717, 1.165) is 52.7 Å². The highest BCUT2D eigenvalue weighted by molar-refractivity contribution is 5.77. The summed E-state index contributed by atoms with van der Waals surface area (Å²) in [5, 5.41) is 0. The van der Waals surface area contributed by atoms with Gasteiger partial charge in [0.05, 0.1) is 14.2 Å². The summed E-state index contributed by atoms with van der Waals surface area (Å²) in [5.41, 5.74) is 5.25. The van der Waals surface area contributed by atoms with Crippen LogP contribution in [0.4, 0.5) is 15.8 Å². The van der Waals surface area contributed by atoms with E-state index in [9.17, 15) is 9.18 Å². The molecule has 1 saturated heterocycles. The Labute approximate surface area is 241 Å². The van der Waals surface area contributed by atoms with Gasteiger partial charge in [-0.15, -0.1) is 0 Å². The molecule has 1 heterocycles. The fourth-order valence-electron chi connectivity index (χ4n) is 5.19. The quantitative estimate of drug-likeness (QED) is 0.232. The van der Waals surface area contributed by atoms with Crippen molar-refractivity contribution in [3.8, 4) is 22.6 Å². The molecule has 1 fully saturated rings. The van der Waals surface area contributed by atoms with Crippen LogP contribution in [0.3, 0.4) is 0 Å². The van der Waals surface area contributed by atoms with Gasteiger partial charge in [-0.2, -0.15) is 0 Å². The number of hydrogen-bond acceptors (Lipinski definition) is 5. The maximum Gasteiger partial charge on any atom is 0.224 e. The lowest BCUT2D eigenvalue weighted by Crippen LogP contribution is -2.49. The zero-order valence-electron chi connectivity index (χ0n) is 23.6. The molecule has 4 aromatic carbocycles. The number of benzene rings is 4. The standard InChI is InChI=1S/C34H36FN3O3/c1-40-32-15-13-30(14-16-32)36-19-21-37(22-20-36)34(39)17-18-38(25-26-9-11-29(35)12-10-26)31-7-3-5-27(23-31)28-6-4-8-33(24-28)41-2/h3-16,23-24H,17-22,25H2,1-2H3. The third-order valence-corrected chi connectivity index (χ3v) is 7.57. The van der Waals surface area contributed by atoms with Gasteiger partial charge >= 0.3 is 0 Å². The van der Waals surface area contributed by atoms with Crippen LogP contribution in [0.15, 0.2) is 97.1 Å². The van der Waals surface area contributed by atoms with Crippen molar-refractivity contribution < 1.29 is 18.7 Å². The first-order valence-corrected chi connectivity index (χ1v) is 13.9. The molecule has 5 rings (SSSR count). The number of methoxy groups -OCH3 is 2. The van der Waals surface area contributed by atoms with Gasteiger partial charge in [-0.1, -0.05) is 36.4 Å². The Balaban J connectivity index is 1.27. The number of carbonyl (C=O) groups is 1. The molecule has 0 bridgehead atoms. The van der Waals surface area contributed by atoms with E-state index in [-0.39, 0.29) is 11.7 Å². The summed E-state index contributed by atoms with van der Waals surface area (Å²) in [4.78, 5) is 19.8. The molecule has 6 nitrogen and oxygen atoms in total. The van der Waals surface area contributed by atoms with Crippen LogP contribution in [0.2, 0.25) is 0 Å². The average molecular weight is 554 g/mol. The summed E-state index contributed by atoms with van der Waals surface area (Å²) in [6, 6.07) is 30.9. The van der Waals surface area contributed by atoms with E-state index < -0.39 is 0 Å². The van der Waals surface area contributed by atoms with Crippen molar-refractivity contribution in [2.24, 2.45) is 0 Å². The average Bonchev–Trinajstić information content (AvgIpc) is 3.04. The molecule has 0 spiro atoms. The molecule has 0 saturated carbocycles. The smallest absolute Gasteiger partial charge is 0.224 e. The number of hydrogen-bond donors (Lipinski definition) is 0. The number of nitrogens with zero attached hydrogens (tertiary/aromatic N) is 3. The molecule has 1 aliphatic heterocycles. The van der Waals surface area contributed by atoms with Gasteiger partial charge in [-0.3, -0.25) is 4.79 Å². The van der Waals surface area contributed by atoms with Crippen molar-refractivity contribution >= 4 is 17.3 Å². The van der Waals surface area contributed by atoms with Crippen LogP contribution in [-0.2, 0) is 11.3 Å². The molecule has 0 N–H and O–H groups in total. The van der Waals surface area contributed by atoms with Crippen LogP contribution in [-0.4, -0.2) is 57.8 Å². The molecule has 7 heteroatoms. The minimum Gasteiger partial charge on any atom is -0.497 e. The van der Waals surface area contributed by atoms with Crippen molar-refractivity contribution in [3.05, 3.63) is 108 Å². The Bertz CT molecular complexity index is 1430. The van der Waals surface area contributed by atoms with Gasteiger partial charge in [0.25, 0.3) is 0 Å². The summed E-state index contributed by atoms with van der Waals surface area (Å²) >= 11 is 0. The molecule has 0 aromatic heterocycles. The van der Waals surface area contributed by atoms with Crippen molar-refractivity contribution in [3.63, 3.8) is 0 Å². The van der Waals surface area contributed by atoms with Gasteiger partial charge in [0, 0.05) is 57.1 Å². The Morgan fingerprint density at radius 1 is 0.780 bits per heavy atom. The van der Waals surface area contributed by atoms with Gasteiger partial charge in [0.15, 0.2) is 0 Å². The van der Waals surface area contributed by atoms with E-state index in [1.807, 2.05) is 41.3 Å². The van der Waals surface area contributed by atoms with E-state index in [0.29, 0.717) is 32.6 Å². The number of anilines is 2. The van der Waals surface area contributed by atoms with E-state index in [2.05, 4.69) is 46.2 Å². The van der Waals surface area contributed by atoms with Crippen molar-refractivity contribution in [2.45, 2.75) is 13.0 Å². The van der Waals surface area contributed by atoms with Gasteiger partial charge in [-0.25, -0.2) is 4.39 Å². The largest absolute Gasteiger partial charge is 0.497 e.